The Kier molecular flexibility index (Phi) is 3.21. The van der Waals surface area contributed by atoms with Crippen molar-refractivity contribution in [3.05, 3.63) is 36.2 Å². The molecule has 0 N–H and O–H groups in total. The van der Waals surface area contributed by atoms with Crippen LogP contribution in [0, 0.1) is 13.8 Å². The van der Waals surface area contributed by atoms with Gasteiger partial charge in [0.15, 0.2) is 0 Å². The lowest BCUT2D eigenvalue weighted by Gasteiger charge is -2.12. The molecule has 83 valence electrons. The molecule has 0 aliphatic rings. The molecule has 0 bridgehead atoms. The molecule has 1 unspecified atom stereocenters. The van der Waals surface area contributed by atoms with Crippen LogP contribution in [0.25, 0.3) is 0 Å². The molecule has 1 nitrogen and oxygen atoms in total. The highest BCUT2D eigenvalue weighted by atomic mass is 19.4. The van der Waals surface area contributed by atoms with E-state index in [1.807, 2.05) is 0 Å². The minimum Gasteiger partial charge on any atom is -0.406 e. The molecule has 1 aromatic rings. The predicted octanol–water partition coefficient (Wildman–Crippen LogP) is 3.74. The van der Waals surface area contributed by atoms with Gasteiger partial charge in [-0.2, -0.15) is 0 Å². The van der Waals surface area contributed by atoms with E-state index >= 15 is 0 Å². The Morgan fingerprint density at radius 1 is 1.33 bits per heavy atom. The molecule has 0 heterocycles. The molecule has 0 spiro atoms. The van der Waals surface area contributed by atoms with Gasteiger partial charge in [-0.25, -0.2) is 4.39 Å². The molecule has 1 radical (unpaired) electrons. The molecule has 0 fully saturated rings. The van der Waals surface area contributed by atoms with Gasteiger partial charge in [0.1, 0.15) is 11.9 Å². The topological polar surface area (TPSA) is 9.23 Å². The molecule has 1 atom stereocenters. The van der Waals surface area contributed by atoms with Crippen LogP contribution in [0.3, 0.4) is 0 Å². The third-order valence-electron chi connectivity index (χ3n) is 1.79. The zero-order valence-electron chi connectivity index (χ0n) is 7.94. The van der Waals surface area contributed by atoms with E-state index in [0.29, 0.717) is 0 Å². The van der Waals surface area contributed by atoms with Crippen molar-refractivity contribution in [2.45, 2.75) is 19.5 Å². The Morgan fingerprint density at radius 2 is 1.93 bits per heavy atom. The van der Waals surface area contributed by atoms with Crippen LogP contribution in [0.2, 0.25) is 0 Å². The molecule has 1 rings (SSSR count). The molecule has 0 aromatic heterocycles. The van der Waals surface area contributed by atoms with Crippen LogP contribution in [0.4, 0.5) is 17.6 Å². The number of hydrogen-bond donors (Lipinski definition) is 0. The number of alkyl halides is 4. The lowest BCUT2D eigenvalue weighted by Crippen LogP contribution is -2.17. The summed E-state index contributed by atoms with van der Waals surface area (Å²) in [5.41, 5.74) is 0.443. The summed E-state index contributed by atoms with van der Waals surface area (Å²) in [5.74, 6) is -0.327. The van der Waals surface area contributed by atoms with Crippen molar-refractivity contribution in [1.82, 2.24) is 0 Å². The van der Waals surface area contributed by atoms with Crippen LogP contribution in [-0.2, 0) is 0 Å². The number of aryl methyl sites for hydroxylation is 1. The summed E-state index contributed by atoms with van der Waals surface area (Å²) in [6.45, 7) is 4.53. The lowest BCUT2D eigenvalue weighted by molar-refractivity contribution is -0.274. The monoisotopic (exact) mass is 221 g/mol. The summed E-state index contributed by atoms with van der Waals surface area (Å²) in [4.78, 5) is 0. The summed E-state index contributed by atoms with van der Waals surface area (Å²) in [7, 11) is 0. The van der Waals surface area contributed by atoms with Crippen molar-refractivity contribution in [2.75, 3.05) is 0 Å². The first-order chi connectivity index (χ1) is 6.79. The van der Waals surface area contributed by atoms with Crippen molar-refractivity contribution in [1.29, 1.82) is 0 Å². The van der Waals surface area contributed by atoms with E-state index < -0.39 is 12.5 Å². The van der Waals surface area contributed by atoms with Crippen molar-refractivity contribution in [3.8, 4) is 5.75 Å². The average Bonchev–Trinajstić information content (AvgIpc) is 2.05. The van der Waals surface area contributed by atoms with Gasteiger partial charge in [0.05, 0.1) is 0 Å². The number of hydrogen-bond acceptors (Lipinski definition) is 1. The minimum absolute atomic E-state index is 0.219. The van der Waals surface area contributed by atoms with Crippen LogP contribution in [0.15, 0.2) is 18.2 Å². The molecule has 1 aromatic carbocycles. The number of rotatable bonds is 2. The third kappa shape index (κ3) is 3.42. The standard InChI is InChI=1S/C10H9F4O/c1-6-5-8(7(2)11)3-4-9(6)15-10(12,13)14/h3-5,7H,2H2,1H3. The van der Waals surface area contributed by atoms with E-state index in [4.69, 9.17) is 0 Å². The normalized spacial score (nSPS) is 13.7. The smallest absolute Gasteiger partial charge is 0.406 e. The van der Waals surface area contributed by atoms with Crippen molar-refractivity contribution >= 4 is 0 Å². The molecule has 15 heavy (non-hydrogen) atoms. The fraction of sp³-hybridized carbons (Fsp3) is 0.300. The van der Waals surface area contributed by atoms with E-state index in [-0.39, 0.29) is 16.9 Å². The summed E-state index contributed by atoms with van der Waals surface area (Å²) in [6.07, 6.45) is -6.19. The quantitative estimate of drug-likeness (QED) is 0.691. The minimum atomic E-state index is -4.73. The summed E-state index contributed by atoms with van der Waals surface area (Å²) in [5, 5.41) is 0. The van der Waals surface area contributed by atoms with Gasteiger partial charge in [-0.1, -0.05) is 6.07 Å². The molecule has 0 amide bonds. The van der Waals surface area contributed by atoms with Gasteiger partial charge in [0.25, 0.3) is 0 Å². The van der Waals surface area contributed by atoms with Crippen LogP contribution in [0.1, 0.15) is 17.3 Å². The largest absolute Gasteiger partial charge is 0.573 e. The Morgan fingerprint density at radius 3 is 2.33 bits per heavy atom. The molecule has 0 aliphatic heterocycles. The zero-order valence-corrected chi connectivity index (χ0v) is 7.94. The van der Waals surface area contributed by atoms with E-state index in [2.05, 4.69) is 11.7 Å². The highest BCUT2D eigenvalue weighted by Gasteiger charge is 2.31. The van der Waals surface area contributed by atoms with Crippen LogP contribution >= 0.6 is 0 Å². The molecule has 5 heteroatoms. The van der Waals surface area contributed by atoms with E-state index in [9.17, 15) is 17.6 Å². The van der Waals surface area contributed by atoms with Crippen LogP contribution < -0.4 is 4.74 Å². The lowest BCUT2D eigenvalue weighted by atomic mass is 10.1. The maximum atomic E-state index is 12.7. The van der Waals surface area contributed by atoms with Gasteiger partial charge in [0.2, 0.25) is 0 Å². The van der Waals surface area contributed by atoms with Crippen LogP contribution in [-0.4, -0.2) is 6.36 Å². The first-order valence-electron chi connectivity index (χ1n) is 4.13. The summed E-state index contributed by atoms with van der Waals surface area (Å²) in [6, 6.07) is 3.57. The number of benzene rings is 1. The van der Waals surface area contributed by atoms with E-state index in [0.717, 1.165) is 6.07 Å². The summed E-state index contributed by atoms with van der Waals surface area (Å²) < 4.78 is 52.0. The highest BCUT2D eigenvalue weighted by molar-refractivity contribution is 5.37. The Bertz CT molecular complexity index is 344. The number of ether oxygens (including phenoxy) is 1. The second kappa shape index (κ2) is 4.08. The summed E-state index contributed by atoms with van der Waals surface area (Å²) >= 11 is 0. The van der Waals surface area contributed by atoms with Gasteiger partial charge in [0, 0.05) is 0 Å². The van der Waals surface area contributed by atoms with Crippen molar-refractivity contribution in [2.24, 2.45) is 0 Å². The van der Waals surface area contributed by atoms with Gasteiger partial charge >= 0.3 is 6.36 Å². The first kappa shape index (κ1) is 11.8. The Hall–Kier alpha value is -1.26. The van der Waals surface area contributed by atoms with E-state index in [1.54, 1.807) is 0 Å². The van der Waals surface area contributed by atoms with Crippen molar-refractivity contribution < 1.29 is 22.3 Å². The van der Waals surface area contributed by atoms with Gasteiger partial charge < -0.3 is 4.74 Å². The maximum Gasteiger partial charge on any atom is 0.573 e. The maximum absolute atomic E-state index is 12.7. The Balaban J connectivity index is 2.94. The SMILES string of the molecule is [CH2]C(F)c1ccc(OC(F)(F)F)c(C)c1. The highest BCUT2D eigenvalue weighted by Crippen LogP contribution is 2.28. The zero-order chi connectivity index (χ0) is 11.6. The van der Waals surface area contributed by atoms with E-state index in [1.165, 1.54) is 19.1 Å². The average molecular weight is 221 g/mol. The second-order valence-corrected chi connectivity index (χ2v) is 3.04. The van der Waals surface area contributed by atoms with Gasteiger partial charge in [-0.15, -0.1) is 13.2 Å². The molecule has 0 saturated heterocycles. The third-order valence-corrected chi connectivity index (χ3v) is 1.79. The molecular weight excluding hydrogens is 212 g/mol. The van der Waals surface area contributed by atoms with Crippen molar-refractivity contribution in [3.63, 3.8) is 0 Å². The fourth-order valence-electron chi connectivity index (χ4n) is 1.11. The molecule has 0 aliphatic carbocycles. The van der Waals surface area contributed by atoms with Gasteiger partial charge in [-0.3, -0.25) is 0 Å². The second-order valence-electron chi connectivity index (χ2n) is 3.04. The number of halogens is 4. The molecular formula is C10H9F4O. The first-order valence-corrected chi connectivity index (χ1v) is 4.13. The van der Waals surface area contributed by atoms with Gasteiger partial charge in [-0.05, 0) is 37.1 Å². The predicted molar refractivity (Wildman–Crippen MR) is 47.1 cm³/mol. The molecule has 0 saturated carbocycles. The fourth-order valence-corrected chi connectivity index (χ4v) is 1.11. The van der Waals surface area contributed by atoms with Crippen LogP contribution in [0.5, 0.6) is 5.75 Å². The Labute approximate surface area is 84.7 Å².